The lowest BCUT2D eigenvalue weighted by molar-refractivity contribution is 0.0987. The van der Waals surface area contributed by atoms with Crippen molar-refractivity contribution in [2.24, 2.45) is 0 Å². The minimum Gasteiger partial charge on any atom is -0.418 e. The maximum atomic E-state index is 6.34. The first-order valence-electron chi connectivity index (χ1n) is 8.32. The molecule has 0 amide bonds. The summed E-state index contributed by atoms with van der Waals surface area (Å²) < 4.78 is 30.7. The zero-order chi connectivity index (χ0) is 18.7. The summed E-state index contributed by atoms with van der Waals surface area (Å²) in [6.07, 6.45) is 0. The second-order valence-corrected chi connectivity index (χ2v) is 19.8. The molecule has 2 unspecified atom stereocenters. The summed E-state index contributed by atoms with van der Waals surface area (Å²) in [5.41, 5.74) is -0.358. The van der Waals surface area contributed by atoms with Gasteiger partial charge in [-0.15, -0.1) is 0 Å². The van der Waals surface area contributed by atoms with Crippen molar-refractivity contribution in [1.29, 1.82) is 0 Å². The highest BCUT2D eigenvalue weighted by molar-refractivity contribution is 6.83. The van der Waals surface area contributed by atoms with Crippen LogP contribution in [0.4, 0.5) is 0 Å². The molecular formula is C14H38O5Si4. The molecule has 0 rings (SSSR count). The summed E-state index contributed by atoms with van der Waals surface area (Å²) in [4.78, 5) is 0. The van der Waals surface area contributed by atoms with Crippen molar-refractivity contribution < 1.29 is 21.2 Å². The summed E-state index contributed by atoms with van der Waals surface area (Å²) >= 11 is 0. The van der Waals surface area contributed by atoms with Crippen LogP contribution in [0.2, 0.25) is 39.3 Å². The zero-order valence-corrected chi connectivity index (χ0v) is 21.5. The third-order valence-corrected chi connectivity index (χ3v) is 15.6. The van der Waals surface area contributed by atoms with Crippen molar-refractivity contribution in [3.63, 3.8) is 0 Å². The Morgan fingerprint density at radius 1 is 0.609 bits per heavy atom. The van der Waals surface area contributed by atoms with Gasteiger partial charge in [0.1, 0.15) is 0 Å². The second-order valence-electron chi connectivity index (χ2n) is 8.73. The topological polar surface area (TPSA) is 46.2 Å². The summed E-state index contributed by atoms with van der Waals surface area (Å²) in [6, 6.07) is 0. The van der Waals surface area contributed by atoms with E-state index in [1.807, 2.05) is 41.5 Å². The van der Waals surface area contributed by atoms with Crippen LogP contribution in [0.15, 0.2) is 0 Å². The van der Waals surface area contributed by atoms with Crippen LogP contribution >= 0.6 is 0 Å². The summed E-state index contributed by atoms with van der Waals surface area (Å²) in [7, 11) is -8.03. The highest BCUT2D eigenvalue weighted by atomic mass is 28.5. The van der Waals surface area contributed by atoms with E-state index in [2.05, 4.69) is 39.3 Å². The third kappa shape index (κ3) is 13.6. The molecule has 0 aromatic carbocycles. The molecular weight excluding hydrogens is 360 g/mol. The van der Waals surface area contributed by atoms with Gasteiger partial charge in [0.2, 0.25) is 0 Å². The van der Waals surface area contributed by atoms with E-state index >= 15 is 0 Å². The van der Waals surface area contributed by atoms with Crippen molar-refractivity contribution in [2.75, 3.05) is 0 Å². The maximum Gasteiger partial charge on any atom is 0.313 e. The normalized spacial score (nSPS) is 17.2. The first-order valence-corrected chi connectivity index (χ1v) is 18.2. The van der Waals surface area contributed by atoms with Crippen LogP contribution in [0.3, 0.4) is 0 Å². The molecule has 2 atom stereocenters. The van der Waals surface area contributed by atoms with E-state index in [0.717, 1.165) is 0 Å². The lowest BCUT2D eigenvalue weighted by Crippen LogP contribution is -2.53. The molecule has 0 aromatic heterocycles. The average molecular weight is 399 g/mol. The van der Waals surface area contributed by atoms with Gasteiger partial charge in [-0.25, -0.2) is 0 Å². The fourth-order valence-corrected chi connectivity index (χ4v) is 17.2. The molecule has 0 aliphatic rings. The van der Waals surface area contributed by atoms with E-state index in [1.165, 1.54) is 0 Å². The molecule has 0 aliphatic heterocycles. The van der Waals surface area contributed by atoms with E-state index in [-0.39, 0.29) is 11.2 Å². The first kappa shape index (κ1) is 23.7. The second kappa shape index (κ2) is 8.37. The summed E-state index contributed by atoms with van der Waals surface area (Å²) in [5, 5.41) is 0. The molecule has 0 bridgehead atoms. The molecule has 140 valence electrons. The monoisotopic (exact) mass is 398 g/mol. The molecule has 0 aliphatic carbocycles. The molecule has 5 nitrogen and oxygen atoms in total. The van der Waals surface area contributed by atoms with Crippen molar-refractivity contribution in [2.45, 2.75) is 92.0 Å². The highest BCUT2D eigenvalue weighted by Crippen LogP contribution is 2.21. The zero-order valence-electron chi connectivity index (χ0n) is 17.2. The quantitative estimate of drug-likeness (QED) is 0.582. The molecule has 0 radical (unpaired) electrons. The van der Waals surface area contributed by atoms with Gasteiger partial charge in [-0.05, 0) is 80.8 Å². The largest absolute Gasteiger partial charge is 0.418 e. The maximum absolute atomic E-state index is 6.34. The Balaban J connectivity index is 4.61. The van der Waals surface area contributed by atoms with Crippen LogP contribution in [-0.4, -0.2) is 46.9 Å². The third-order valence-electron chi connectivity index (χ3n) is 2.43. The molecule has 0 spiro atoms. The molecule has 0 saturated carbocycles. The molecule has 0 aromatic rings. The Kier molecular flexibility index (Phi) is 8.61. The molecule has 23 heavy (non-hydrogen) atoms. The number of rotatable bonds is 8. The van der Waals surface area contributed by atoms with E-state index in [0.29, 0.717) is 0 Å². The fraction of sp³-hybridized carbons (Fsp3) is 1.00. The Hall–Kier alpha value is 0.668. The van der Waals surface area contributed by atoms with Gasteiger partial charge in [0.05, 0.1) is 0 Å². The Morgan fingerprint density at radius 2 is 0.870 bits per heavy atom. The predicted octanol–water partition coefficient (Wildman–Crippen LogP) is 3.77. The fourth-order valence-electron chi connectivity index (χ4n) is 2.48. The van der Waals surface area contributed by atoms with Crippen LogP contribution in [-0.2, 0) is 21.2 Å². The lowest BCUT2D eigenvalue weighted by atomic mass is 10.2. The smallest absolute Gasteiger partial charge is 0.313 e. The minimum absolute atomic E-state index is 0.179. The Bertz CT molecular complexity index is 329. The van der Waals surface area contributed by atoms with Gasteiger partial charge in [-0.3, -0.25) is 0 Å². The van der Waals surface area contributed by atoms with Crippen molar-refractivity contribution >= 4 is 35.7 Å². The molecule has 9 heteroatoms. The van der Waals surface area contributed by atoms with Gasteiger partial charge < -0.3 is 21.2 Å². The lowest BCUT2D eigenvalue weighted by Gasteiger charge is -2.37. The highest BCUT2D eigenvalue weighted by Gasteiger charge is 2.40. The number of hydrogen-bond acceptors (Lipinski definition) is 5. The Labute approximate surface area is 149 Å². The van der Waals surface area contributed by atoms with E-state index in [9.17, 15) is 0 Å². The van der Waals surface area contributed by atoms with Crippen molar-refractivity contribution in [3.8, 4) is 0 Å². The predicted molar refractivity (Wildman–Crippen MR) is 106 cm³/mol. The molecule has 0 N–H and O–H groups in total. The SMILES string of the molecule is C[SiH](OC(C)(C)C)O[Si](C)(C)O[Si](C)(C)O[SiH](C)OC(C)(C)C. The summed E-state index contributed by atoms with van der Waals surface area (Å²) in [6.45, 7) is 24.7. The molecule has 0 heterocycles. The van der Waals surface area contributed by atoms with E-state index in [4.69, 9.17) is 21.2 Å². The first-order chi connectivity index (χ1) is 9.91. The minimum atomic E-state index is -2.29. The van der Waals surface area contributed by atoms with Gasteiger partial charge in [0.15, 0.2) is 0 Å². The van der Waals surface area contributed by atoms with E-state index in [1.54, 1.807) is 0 Å². The van der Waals surface area contributed by atoms with Crippen LogP contribution < -0.4 is 0 Å². The van der Waals surface area contributed by atoms with Gasteiger partial charge in [0.25, 0.3) is 0 Å². The van der Waals surface area contributed by atoms with Gasteiger partial charge in [-0.1, -0.05) is 0 Å². The van der Waals surface area contributed by atoms with Crippen LogP contribution in [0.25, 0.3) is 0 Å². The average Bonchev–Trinajstić information content (AvgIpc) is 2.03. The standard InChI is InChI=1S/C14H38O5Si4/c1-13(2,3)15-20(7)17-22(9,10)19-23(11,12)18-21(8)16-14(4,5)6/h20-21H,1-12H3. The van der Waals surface area contributed by atoms with Crippen molar-refractivity contribution in [3.05, 3.63) is 0 Å². The van der Waals surface area contributed by atoms with Crippen molar-refractivity contribution in [1.82, 2.24) is 0 Å². The van der Waals surface area contributed by atoms with Gasteiger partial charge in [0, 0.05) is 11.2 Å². The summed E-state index contributed by atoms with van der Waals surface area (Å²) in [5.74, 6) is 0. The van der Waals surface area contributed by atoms with Crippen LogP contribution in [0.1, 0.15) is 41.5 Å². The Morgan fingerprint density at radius 3 is 1.09 bits per heavy atom. The van der Waals surface area contributed by atoms with E-state index < -0.39 is 35.7 Å². The number of hydrogen-bond donors (Lipinski definition) is 0. The van der Waals surface area contributed by atoms with Crippen LogP contribution in [0, 0.1) is 0 Å². The van der Waals surface area contributed by atoms with Crippen LogP contribution in [0.5, 0.6) is 0 Å². The van der Waals surface area contributed by atoms with Gasteiger partial charge >= 0.3 is 35.7 Å². The molecule has 0 fully saturated rings. The molecule has 0 saturated heterocycles. The van der Waals surface area contributed by atoms with Gasteiger partial charge in [-0.2, -0.15) is 0 Å².